The van der Waals surface area contributed by atoms with E-state index in [1.807, 2.05) is 74.9 Å². The summed E-state index contributed by atoms with van der Waals surface area (Å²) < 4.78 is 26.7. The van der Waals surface area contributed by atoms with Gasteiger partial charge in [0.2, 0.25) is 0 Å². The molecule has 13 heteroatoms. The number of methoxy groups -OCH3 is 2. The topological polar surface area (TPSA) is 135 Å². The van der Waals surface area contributed by atoms with Crippen molar-refractivity contribution in [3.05, 3.63) is 115 Å². The number of ether oxygens (including phenoxy) is 4. The lowest BCUT2D eigenvalue weighted by molar-refractivity contribution is 0.196. The maximum atomic E-state index is 11.8. The fourth-order valence-electron chi connectivity index (χ4n) is 6.01. The van der Waals surface area contributed by atoms with Crippen molar-refractivity contribution in [2.45, 2.75) is 66.5 Å². The second-order valence-electron chi connectivity index (χ2n) is 14.0. The van der Waals surface area contributed by atoms with E-state index in [1.165, 1.54) is 25.7 Å². The van der Waals surface area contributed by atoms with E-state index in [0.29, 0.717) is 72.8 Å². The van der Waals surface area contributed by atoms with Crippen LogP contribution >= 0.6 is 11.8 Å². The average Bonchev–Trinajstić information content (AvgIpc) is 4.10. The van der Waals surface area contributed by atoms with Crippen LogP contribution in [0.15, 0.2) is 80.6 Å². The van der Waals surface area contributed by atoms with Crippen molar-refractivity contribution < 1.29 is 29.0 Å². The molecule has 2 aromatic heterocycles. The highest BCUT2D eigenvalue weighted by molar-refractivity contribution is 7.98. The Morgan fingerprint density at radius 3 is 1.47 bits per heavy atom. The Morgan fingerprint density at radius 1 is 0.673 bits per heavy atom. The van der Waals surface area contributed by atoms with E-state index in [2.05, 4.69) is 14.9 Å². The Bertz CT molecular complexity index is 2070. The number of rotatable bonds is 17. The Labute approximate surface area is 326 Å². The molecule has 0 radical (unpaired) electrons. The zero-order chi connectivity index (χ0) is 39.5. The molecule has 2 heterocycles. The minimum absolute atomic E-state index is 0.00795. The highest BCUT2D eigenvalue weighted by atomic mass is 32.2. The van der Waals surface area contributed by atoms with E-state index in [4.69, 9.17) is 23.8 Å². The van der Waals surface area contributed by atoms with Gasteiger partial charge in [-0.1, -0.05) is 10.3 Å². The molecule has 4 aromatic rings. The van der Waals surface area contributed by atoms with Gasteiger partial charge in [-0.3, -0.25) is 9.59 Å². The Kier molecular flexibility index (Phi) is 14.5. The van der Waals surface area contributed by atoms with Crippen molar-refractivity contribution in [1.29, 1.82) is 0 Å². The molecule has 55 heavy (non-hydrogen) atoms. The van der Waals surface area contributed by atoms with Crippen LogP contribution in [0.1, 0.15) is 59.6 Å². The molecule has 6 rings (SSSR count). The average molecular weight is 773 g/mol. The SMILES string of the molecule is COc1ccc(/C(Cn2c(C)cc(=O)cc2C)=N\O)cc1OCC1CC1.COc1ccc(/C(Cn2c(C)cc(=O)cc2C)=N\OCSC)cc1OCC1CC1. The fourth-order valence-corrected chi connectivity index (χ4v) is 6.16. The lowest BCUT2D eigenvalue weighted by Gasteiger charge is -2.17. The summed E-state index contributed by atoms with van der Waals surface area (Å²) in [5.74, 6) is 4.45. The van der Waals surface area contributed by atoms with Crippen LogP contribution in [0.25, 0.3) is 0 Å². The highest BCUT2D eigenvalue weighted by Gasteiger charge is 2.24. The molecule has 0 bridgehead atoms. The molecule has 294 valence electrons. The standard InChI is InChI=1S/C22H28N2O4S.C20H24N2O4/c1-15-9-19(25)10-16(2)24(15)12-20(23-28-14-29-4)18-7-8-21(26-3)22(11-18)27-13-17-5-6-17;1-13-8-17(23)9-14(2)22(13)11-18(21-24)16-6-7-19(25-3)20(10-16)26-12-15-4-5-15/h7-11,17H,5-6,12-14H2,1-4H3;6-10,15,24H,4-5,11-12H2,1-3H3/b23-20-;21-18-. The van der Waals surface area contributed by atoms with Crippen LogP contribution in [0.4, 0.5) is 0 Å². The zero-order valence-corrected chi connectivity index (χ0v) is 33.6. The van der Waals surface area contributed by atoms with E-state index in [0.717, 1.165) is 39.6 Å². The summed E-state index contributed by atoms with van der Waals surface area (Å²) in [5.41, 5.74) is 6.26. The van der Waals surface area contributed by atoms with Gasteiger partial charge in [-0.15, -0.1) is 11.8 Å². The number of hydrogen-bond acceptors (Lipinski definition) is 11. The second-order valence-corrected chi connectivity index (χ2v) is 14.8. The monoisotopic (exact) mass is 772 g/mol. The smallest absolute Gasteiger partial charge is 0.182 e. The quantitative estimate of drug-likeness (QED) is 0.0391. The van der Waals surface area contributed by atoms with Gasteiger partial charge >= 0.3 is 0 Å². The summed E-state index contributed by atoms with van der Waals surface area (Å²) in [4.78, 5) is 28.9. The number of benzene rings is 2. The molecule has 1 N–H and O–H groups in total. The number of aromatic nitrogens is 2. The molecule has 0 aliphatic heterocycles. The largest absolute Gasteiger partial charge is 0.493 e. The summed E-state index contributed by atoms with van der Waals surface area (Å²) >= 11 is 1.56. The van der Waals surface area contributed by atoms with E-state index in [-0.39, 0.29) is 10.9 Å². The number of hydrogen-bond donors (Lipinski definition) is 1. The molecular formula is C42H52N4O8S. The molecule has 2 aliphatic carbocycles. The van der Waals surface area contributed by atoms with Crippen LogP contribution < -0.4 is 29.8 Å². The van der Waals surface area contributed by atoms with Gasteiger partial charge in [0.05, 0.1) is 40.5 Å². The third-order valence-electron chi connectivity index (χ3n) is 9.53. The van der Waals surface area contributed by atoms with E-state index in [9.17, 15) is 14.8 Å². The van der Waals surface area contributed by atoms with E-state index >= 15 is 0 Å². The minimum atomic E-state index is -0.0288. The normalized spacial score (nSPS) is 14.2. The van der Waals surface area contributed by atoms with Crippen LogP contribution in [0.5, 0.6) is 23.0 Å². The molecule has 0 unspecified atom stereocenters. The van der Waals surface area contributed by atoms with Crippen LogP contribution in [-0.4, -0.2) is 65.4 Å². The van der Waals surface area contributed by atoms with Crippen LogP contribution in [0, 0.1) is 39.5 Å². The molecule has 12 nitrogen and oxygen atoms in total. The summed E-state index contributed by atoms with van der Waals surface area (Å²) in [5, 5.41) is 17.4. The molecule has 0 atom stereocenters. The minimum Gasteiger partial charge on any atom is -0.493 e. The number of pyridine rings is 2. The van der Waals surface area contributed by atoms with Crippen molar-refractivity contribution in [3.8, 4) is 23.0 Å². The predicted octanol–water partition coefficient (Wildman–Crippen LogP) is 7.14. The lowest BCUT2D eigenvalue weighted by Crippen LogP contribution is -2.19. The van der Waals surface area contributed by atoms with Crippen LogP contribution in [0.2, 0.25) is 0 Å². The van der Waals surface area contributed by atoms with Crippen LogP contribution in [0.3, 0.4) is 0 Å². The van der Waals surface area contributed by atoms with Crippen LogP contribution in [-0.2, 0) is 17.9 Å². The maximum absolute atomic E-state index is 11.8. The van der Waals surface area contributed by atoms with Gasteiger partial charge in [0.15, 0.2) is 39.8 Å². The third kappa shape index (κ3) is 11.7. The van der Waals surface area contributed by atoms with Gasteiger partial charge in [-0.05, 0) is 108 Å². The molecule has 0 spiro atoms. The van der Waals surface area contributed by atoms with Gasteiger partial charge in [0, 0.05) is 58.2 Å². The first-order valence-electron chi connectivity index (χ1n) is 18.4. The fraction of sp³-hybridized carbons (Fsp3) is 0.429. The molecule has 2 aromatic carbocycles. The van der Waals surface area contributed by atoms with Gasteiger partial charge in [0.1, 0.15) is 11.4 Å². The van der Waals surface area contributed by atoms with E-state index < -0.39 is 0 Å². The van der Waals surface area contributed by atoms with Gasteiger partial charge in [0.25, 0.3) is 0 Å². The summed E-state index contributed by atoms with van der Waals surface area (Å²) in [6.45, 7) is 9.78. The summed E-state index contributed by atoms with van der Waals surface area (Å²) in [7, 11) is 3.25. The molecule has 2 fully saturated rings. The van der Waals surface area contributed by atoms with Crippen molar-refractivity contribution in [2.75, 3.05) is 39.6 Å². The molecule has 2 aliphatic rings. The van der Waals surface area contributed by atoms with Gasteiger partial charge < -0.3 is 38.1 Å². The zero-order valence-electron chi connectivity index (χ0n) is 32.8. The Balaban J connectivity index is 0.000000212. The predicted molar refractivity (Wildman–Crippen MR) is 217 cm³/mol. The first kappa shape index (κ1) is 41.0. The Hall–Kier alpha value is -5.17. The number of oxime groups is 2. The summed E-state index contributed by atoms with van der Waals surface area (Å²) in [6.07, 6.45) is 6.82. The summed E-state index contributed by atoms with van der Waals surface area (Å²) in [6, 6.07) is 17.7. The van der Waals surface area contributed by atoms with Crippen molar-refractivity contribution in [2.24, 2.45) is 22.1 Å². The first-order valence-corrected chi connectivity index (χ1v) is 19.8. The van der Waals surface area contributed by atoms with Gasteiger partial charge in [-0.25, -0.2) is 0 Å². The number of nitrogens with zero attached hydrogens (tertiary/aromatic N) is 4. The molecular weight excluding hydrogens is 721 g/mol. The third-order valence-corrected chi connectivity index (χ3v) is 9.87. The lowest BCUT2D eigenvalue weighted by atomic mass is 10.1. The molecule has 0 saturated heterocycles. The number of aryl methyl sites for hydroxylation is 4. The maximum Gasteiger partial charge on any atom is 0.182 e. The first-order chi connectivity index (χ1) is 26.5. The van der Waals surface area contributed by atoms with E-state index in [1.54, 1.807) is 50.2 Å². The van der Waals surface area contributed by atoms with Crippen molar-refractivity contribution >= 4 is 23.2 Å². The van der Waals surface area contributed by atoms with Gasteiger partial charge in [-0.2, -0.15) is 0 Å². The molecule has 0 amide bonds. The highest BCUT2D eigenvalue weighted by Crippen LogP contribution is 2.35. The van der Waals surface area contributed by atoms with Crippen molar-refractivity contribution in [1.82, 2.24) is 9.13 Å². The Morgan fingerprint density at radius 2 is 1.09 bits per heavy atom. The molecule has 2 saturated carbocycles. The second kappa shape index (κ2) is 19.4. The van der Waals surface area contributed by atoms with Crippen molar-refractivity contribution in [3.63, 3.8) is 0 Å². The number of thioether (sulfide) groups is 1.